The van der Waals surface area contributed by atoms with Crippen LogP contribution in [0.5, 0.6) is 0 Å². The monoisotopic (exact) mass is 316 g/mol. The standard InChI is InChI=1S/C13H16O7S/c14-10-9-6-18-13(19-9)12(11(10)15)20-21(16,17)7-8-4-2-1-3-5-8/h1-5,9-15H,6-7H2/t9-,10-,11+,12-,13-/m1/s1. The summed E-state index contributed by atoms with van der Waals surface area (Å²) < 4.78 is 39.6. The van der Waals surface area contributed by atoms with Crippen molar-refractivity contribution < 1.29 is 32.3 Å². The minimum Gasteiger partial charge on any atom is -0.387 e. The average Bonchev–Trinajstić information content (AvgIpc) is 2.89. The van der Waals surface area contributed by atoms with Crippen LogP contribution in [-0.2, 0) is 29.5 Å². The molecular formula is C13H16O7S. The molecule has 0 aliphatic carbocycles. The Morgan fingerprint density at radius 1 is 1.19 bits per heavy atom. The van der Waals surface area contributed by atoms with Gasteiger partial charge in [0.2, 0.25) is 0 Å². The van der Waals surface area contributed by atoms with Gasteiger partial charge in [0.1, 0.15) is 24.1 Å². The molecule has 2 heterocycles. The molecule has 2 bridgehead atoms. The van der Waals surface area contributed by atoms with Gasteiger partial charge in [-0.15, -0.1) is 0 Å². The average molecular weight is 316 g/mol. The summed E-state index contributed by atoms with van der Waals surface area (Å²) in [5.74, 6) is -0.330. The fraction of sp³-hybridized carbons (Fsp3) is 0.538. The fourth-order valence-corrected chi connectivity index (χ4v) is 3.66. The molecule has 0 amide bonds. The molecule has 2 saturated heterocycles. The van der Waals surface area contributed by atoms with E-state index in [1.165, 1.54) is 0 Å². The maximum Gasteiger partial charge on any atom is 0.272 e. The van der Waals surface area contributed by atoms with Crippen molar-refractivity contribution in [3.63, 3.8) is 0 Å². The third-order valence-corrected chi connectivity index (χ3v) is 4.72. The SMILES string of the molecule is O=S(=O)(Cc1ccccc1)O[C@H]1[C@@H]2OC[C@@H](O2)[C@@H](O)[C@@H]1O. The van der Waals surface area contributed by atoms with Gasteiger partial charge in [-0.3, -0.25) is 4.18 Å². The Hall–Kier alpha value is -1.03. The topological polar surface area (TPSA) is 102 Å². The largest absolute Gasteiger partial charge is 0.387 e. The number of fused-ring (bicyclic) bond motifs is 2. The van der Waals surface area contributed by atoms with Crippen LogP contribution in [-0.4, -0.2) is 55.9 Å². The summed E-state index contributed by atoms with van der Waals surface area (Å²) in [7, 11) is -3.95. The first-order valence-corrected chi connectivity index (χ1v) is 8.12. The smallest absolute Gasteiger partial charge is 0.272 e. The van der Waals surface area contributed by atoms with E-state index in [9.17, 15) is 18.6 Å². The Kier molecular flexibility index (Phi) is 4.00. The lowest BCUT2D eigenvalue weighted by Gasteiger charge is -2.34. The second-order valence-electron chi connectivity index (χ2n) is 5.11. The van der Waals surface area contributed by atoms with E-state index in [2.05, 4.69) is 0 Å². The number of hydrogen-bond acceptors (Lipinski definition) is 7. The molecule has 0 radical (unpaired) electrons. The Labute approximate surface area is 122 Å². The van der Waals surface area contributed by atoms with Crippen LogP contribution >= 0.6 is 0 Å². The number of benzene rings is 1. The minimum atomic E-state index is -3.95. The Morgan fingerprint density at radius 2 is 1.90 bits per heavy atom. The lowest BCUT2D eigenvalue weighted by molar-refractivity contribution is -0.219. The van der Waals surface area contributed by atoms with E-state index in [1.54, 1.807) is 30.3 Å². The van der Waals surface area contributed by atoms with Crippen LogP contribution in [0.15, 0.2) is 30.3 Å². The first-order valence-electron chi connectivity index (χ1n) is 6.54. The molecule has 21 heavy (non-hydrogen) atoms. The third kappa shape index (κ3) is 3.10. The van der Waals surface area contributed by atoms with Crippen LogP contribution in [0.25, 0.3) is 0 Å². The molecule has 2 aliphatic heterocycles. The second kappa shape index (κ2) is 5.64. The molecule has 1 aromatic carbocycles. The first kappa shape index (κ1) is 14.9. The lowest BCUT2D eigenvalue weighted by atomic mass is 10.0. The predicted molar refractivity (Wildman–Crippen MR) is 70.6 cm³/mol. The van der Waals surface area contributed by atoms with Crippen molar-refractivity contribution in [1.29, 1.82) is 0 Å². The number of rotatable bonds is 4. The van der Waals surface area contributed by atoms with Crippen molar-refractivity contribution >= 4 is 10.1 Å². The maximum atomic E-state index is 12.1. The molecule has 2 fully saturated rings. The second-order valence-corrected chi connectivity index (χ2v) is 6.70. The van der Waals surface area contributed by atoms with Crippen LogP contribution in [0.1, 0.15) is 5.56 Å². The van der Waals surface area contributed by atoms with Crippen LogP contribution in [0.3, 0.4) is 0 Å². The molecular weight excluding hydrogens is 300 g/mol. The van der Waals surface area contributed by atoms with E-state index >= 15 is 0 Å². The van der Waals surface area contributed by atoms with Crippen LogP contribution in [0.2, 0.25) is 0 Å². The lowest BCUT2D eigenvalue weighted by Crippen LogP contribution is -2.55. The van der Waals surface area contributed by atoms with E-state index in [-0.39, 0.29) is 12.4 Å². The Morgan fingerprint density at radius 3 is 2.62 bits per heavy atom. The third-order valence-electron chi connectivity index (χ3n) is 3.51. The maximum absolute atomic E-state index is 12.1. The van der Waals surface area contributed by atoms with E-state index in [0.717, 1.165) is 0 Å². The normalized spacial score (nSPS) is 35.8. The van der Waals surface area contributed by atoms with Gasteiger partial charge >= 0.3 is 0 Å². The molecule has 2 aliphatic rings. The number of aliphatic hydroxyl groups is 2. The summed E-state index contributed by atoms with van der Waals surface area (Å²) in [6.45, 7) is 0.0987. The van der Waals surface area contributed by atoms with Crippen molar-refractivity contribution in [3.05, 3.63) is 35.9 Å². The Balaban J connectivity index is 1.72. The summed E-state index contributed by atoms with van der Waals surface area (Å²) >= 11 is 0. The number of ether oxygens (including phenoxy) is 2. The van der Waals surface area contributed by atoms with Gasteiger partial charge in [-0.05, 0) is 5.56 Å². The molecule has 7 nitrogen and oxygen atoms in total. The molecule has 8 heteroatoms. The highest BCUT2D eigenvalue weighted by molar-refractivity contribution is 7.85. The summed E-state index contributed by atoms with van der Waals surface area (Å²) in [4.78, 5) is 0. The number of aliphatic hydroxyl groups excluding tert-OH is 2. The van der Waals surface area contributed by atoms with Gasteiger partial charge in [-0.25, -0.2) is 0 Å². The van der Waals surface area contributed by atoms with Crippen molar-refractivity contribution in [1.82, 2.24) is 0 Å². The quantitative estimate of drug-likeness (QED) is 0.714. The summed E-state index contributed by atoms with van der Waals surface area (Å²) in [6.07, 6.45) is -5.52. The molecule has 3 rings (SSSR count). The van der Waals surface area contributed by atoms with Crippen molar-refractivity contribution in [2.75, 3.05) is 6.61 Å². The molecule has 2 N–H and O–H groups in total. The highest BCUT2D eigenvalue weighted by Crippen LogP contribution is 2.31. The van der Waals surface area contributed by atoms with Gasteiger partial charge in [-0.1, -0.05) is 30.3 Å². The van der Waals surface area contributed by atoms with Crippen molar-refractivity contribution in [3.8, 4) is 0 Å². The van der Waals surface area contributed by atoms with E-state index in [1.807, 2.05) is 0 Å². The molecule has 0 aromatic heterocycles. The van der Waals surface area contributed by atoms with Gasteiger partial charge in [-0.2, -0.15) is 8.42 Å². The molecule has 116 valence electrons. The van der Waals surface area contributed by atoms with Gasteiger partial charge in [0.05, 0.1) is 6.61 Å². The van der Waals surface area contributed by atoms with Gasteiger partial charge < -0.3 is 19.7 Å². The molecule has 0 unspecified atom stereocenters. The summed E-state index contributed by atoms with van der Waals surface area (Å²) in [5.41, 5.74) is 0.564. The van der Waals surface area contributed by atoms with Crippen LogP contribution < -0.4 is 0 Å². The van der Waals surface area contributed by atoms with Gasteiger partial charge in [0.15, 0.2) is 12.4 Å². The first-order chi connectivity index (χ1) is 9.96. The zero-order chi connectivity index (χ0) is 15.0. The van der Waals surface area contributed by atoms with E-state index in [0.29, 0.717) is 5.56 Å². The summed E-state index contributed by atoms with van der Waals surface area (Å²) in [5, 5.41) is 19.7. The van der Waals surface area contributed by atoms with Gasteiger partial charge in [0.25, 0.3) is 10.1 Å². The molecule has 5 atom stereocenters. The zero-order valence-corrected chi connectivity index (χ0v) is 11.8. The molecule has 0 spiro atoms. The summed E-state index contributed by atoms with van der Waals surface area (Å²) in [6, 6.07) is 8.53. The minimum absolute atomic E-state index is 0.0987. The van der Waals surface area contributed by atoms with Crippen LogP contribution in [0.4, 0.5) is 0 Å². The highest BCUT2D eigenvalue weighted by atomic mass is 32.2. The van der Waals surface area contributed by atoms with E-state index < -0.39 is 40.8 Å². The highest BCUT2D eigenvalue weighted by Gasteiger charge is 2.51. The van der Waals surface area contributed by atoms with E-state index in [4.69, 9.17) is 13.7 Å². The fourth-order valence-electron chi connectivity index (χ4n) is 2.45. The van der Waals surface area contributed by atoms with Crippen molar-refractivity contribution in [2.45, 2.75) is 36.5 Å². The number of hydrogen-bond donors (Lipinski definition) is 2. The molecule has 1 aromatic rings. The van der Waals surface area contributed by atoms with Gasteiger partial charge in [0, 0.05) is 0 Å². The van der Waals surface area contributed by atoms with Crippen molar-refractivity contribution in [2.24, 2.45) is 0 Å². The molecule has 0 saturated carbocycles. The zero-order valence-electron chi connectivity index (χ0n) is 11.0. The predicted octanol–water partition coefficient (Wildman–Crippen LogP) is -0.622. The Bertz CT molecular complexity index is 588. The van der Waals surface area contributed by atoms with Crippen LogP contribution in [0, 0.1) is 0 Å².